The van der Waals surface area contributed by atoms with Crippen LogP contribution in [0.4, 0.5) is 0 Å². The first kappa shape index (κ1) is 14.1. The van der Waals surface area contributed by atoms with Gasteiger partial charge in [-0.1, -0.05) is 0 Å². The number of ether oxygens (including phenoxy) is 1. The molecule has 0 aliphatic carbocycles. The number of hydrogen-bond acceptors (Lipinski definition) is 6. The maximum absolute atomic E-state index is 5.81. The van der Waals surface area contributed by atoms with Crippen molar-refractivity contribution in [3.63, 3.8) is 0 Å². The number of fused-ring (bicyclic) bond motifs is 1. The second-order valence-corrected chi connectivity index (χ2v) is 5.95. The second-order valence-electron chi connectivity index (χ2n) is 5.95. The van der Waals surface area contributed by atoms with Crippen LogP contribution in [0.15, 0.2) is 43.2 Å². The Hall–Kier alpha value is -3.26. The van der Waals surface area contributed by atoms with Gasteiger partial charge in [0.15, 0.2) is 0 Å². The summed E-state index contributed by atoms with van der Waals surface area (Å²) in [5, 5.41) is 11.0. The predicted octanol–water partition coefficient (Wildman–Crippen LogP) is 1.76. The maximum atomic E-state index is 5.81. The molecule has 5 heterocycles. The van der Waals surface area contributed by atoms with Crippen molar-refractivity contribution in [1.29, 1.82) is 0 Å². The summed E-state index contributed by atoms with van der Waals surface area (Å²) in [6.07, 6.45) is 10.9. The van der Waals surface area contributed by atoms with E-state index in [9.17, 15) is 0 Å². The SMILES string of the molecule is c1n[nH]cc1-c1cnc2[nH]cc(-c3cncc(OC4CNC4)n3)c2c1. The van der Waals surface area contributed by atoms with E-state index in [2.05, 4.69) is 41.5 Å². The van der Waals surface area contributed by atoms with Crippen LogP contribution in [0.3, 0.4) is 0 Å². The van der Waals surface area contributed by atoms with Crippen LogP contribution < -0.4 is 10.1 Å². The minimum Gasteiger partial charge on any atom is -0.471 e. The highest BCUT2D eigenvalue weighted by atomic mass is 16.5. The van der Waals surface area contributed by atoms with E-state index >= 15 is 0 Å². The molecular weight excluding hydrogens is 318 g/mol. The van der Waals surface area contributed by atoms with Crippen molar-refractivity contribution < 1.29 is 4.74 Å². The van der Waals surface area contributed by atoms with Gasteiger partial charge in [0.1, 0.15) is 11.8 Å². The van der Waals surface area contributed by atoms with Crippen molar-refractivity contribution in [3.05, 3.63) is 43.2 Å². The summed E-state index contributed by atoms with van der Waals surface area (Å²) in [4.78, 5) is 16.6. The Labute approximate surface area is 142 Å². The number of H-pyrrole nitrogens is 2. The van der Waals surface area contributed by atoms with Crippen molar-refractivity contribution in [1.82, 2.24) is 35.5 Å². The molecular formula is C17H15N7O. The van der Waals surface area contributed by atoms with Gasteiger partial charge in [0.25, 0.3) is 0 Å². The van der Waals surface area contributed by atoms with E-state index in [0.717, 1.165) is 46.5 Å². The molecule has 124 valence electrons. The Kier molecular flexibility index (Phi) is 3.20. The van der Waals surface area contributed by atoms with Gasteiger partial charge in [0.2, 0.25) is 5.88 Å². The van der Waals surface area contributed by atoms with Crippen LogP contribution in [-0.4, -0.2) is 49.3 Å². The standard InChI is InChI=1S/C17H15N7O/c1-10(11-3-22-23-4-11)2-20-17-13(1)14(7-21-17)15-8-19-9-16(24-15)25-12-5-18-6-12/h1-4,7-9,12,18H,5-6H2,(H,20,21)(H,22,23). The van der Waals surface area contributed by atoms with Gasteiger partial charge in [-0.25, -0.2) is 9.97 Å². The minimum atomic E-state index is 0.168. The van der Waals surface area contributed by atoms with E-state index in [1.165, 1.54) is 0 Å². The molecule has 1 saturated heterocycles. The van der Waals surface area contributed by atoms with Crippen molar-refractivity contribution in [2.45, 2.75) is 6.10 Å². The van der Waals surface area contributed by atoms with Crippen LogP contribution in [0.1, 0.15) is 0 Å². The van der Waals surface area contributed by atoms with Crippen LogP contribution in [0.2, 0.25) is 0 Å². The molecule has 0 amide bonds. The first-order chi connectivity index (χ1) is 12.4. The molecule has 1 fully saturated rings. The molecule has 0 unspecified atom stereocenters. The zero-order chi connectivity index (χ0) is 16.6. The second kappa shape index (κ2) is 5.67. The number of hydrogen-bond donors (Lipinski definition) is 3. The van der Waals surface area contributed by atoms with E-state index in [0.29, 0.717) is 5.88 Å². The summed E-state index contributed by atoms with van der Waals surface area (Å²) in [6, 6.07) is 2.07. The Bertz CT molecular complexity index is 1020. The fourth-order valence-electron chi connectivity index (χ4n) is 2.83. The molecule has 1 aliphatic heterocycles. The smallest absolute Gasteiger partial charge is 0.233 e. The van der Waals surface area contributed by atoms with E-state index < -0.39 is 0 Å². The zero-order valence-corrected chi connectivity index (χ0v) is 13.2. The highest BCUT2D eigenvalue weighted by Gasteiger charge is 2.19. The van der Waals surface area contributed by atoms with Crippen LogP contribution in [0, 0.1) is 0 Å². The summed E-state index contributed by atoms with van der Waals surface area (Å²) in [5.74, 6) is 0.539. The first-order valence-corrected chi connectivity index (χ1v) is 8.03. The lowest BCUT2D eigenvalue weighted by Gasteiger charge is -2.27. The summed E-state index contributed by atoms with van der Waals surface area (Å²) in [5.41, 5.74) is 4.48. The minimum absolute atomic E-state index is 0.168. The topological polar surface area (TPSA) is 104 Å². The molecule has 0 spiro atoms. The third-order valence-electron chi connectivity index (χ3n) is 4.28. The number of aromatic amines is 2. The highest BCUT2D eigenvalue weighted by molar-refractivity contribution is 5.94. The molecule has 0 atom stereocenters. The Morgan fingerprint density at radius 3 is 2.80 bits per heavy atom. The van der Waals surface area contributed by atoms with Crippen molar-refractivity contribution in [3.8, 4) is 28.3 Å². The monoisotopic (exact) mass is 333 g/mol. The molecule has 0 radical (unpaired) electrons. The molecule has 25 heavy (non-hydrogen) atoms. The lowest BCUT2D eigenvalue weighted by atomic mass is 10.1. The molecule has 1 aliphatic rings. The molecule has 5 rings (SSSR count). The molecule has 4 aromatic rings. The number of rotatable bonds is 4. The van der Waals surface area contributed by atoms with Gasteiger partial charge in [0.05, 0.1) is 24.3 Å². The Morgan fingerprint density at radius 1 is 1.04 bits per heavy atom. The summed E-state index contributed by atoms with van der Waals surface area (Å²) < 4.78 is 5.81. The normalized spacial score (nSPS) is 14.6. The van der Waals surface area contributed by atoms with E-state index in [1.54, 1.807) is 18.6 Å². The van der Waals surface area contributed by atoms with Gasteiger partial charge in [-0.15, -0.1) is 0 Å². The Morgan fingerprint density at radius 2 is 2.00 bits per heavy atom. The van der Waals surface area contributed by atoms with Crippen molar-refractivity contribution in [2.24, 2.45) is 0 Å². The molecule has 0 saturated carbocycles. The fraction of sp³-hybridized carbons (Fsp3) is 0.176. The van der Waals surface area contributed by atoms with Gasteiger partial charge in [0, 0.05) is 53.8 Å². The van der Waals surface area contributed by atoms with Gasteiger partial charge in [-0.3, -0.25) is 10.1 Å². The summed E-state index contributed by atoms with van der Waals surface area (Å²) in [7, 11) is 0. The zero-order valence-electron chi connectivity index (χ0n) is 13.2. The predicted molar refractivity (Wildman–Crippen MR) is 92.0 cm³/mol. The Balaban J connectivity index is 1.55. The maximum Gasteiger partial charge on any atom is 0.233 e. The highest BCUT2D eigenvalue weighted by Crippen LogP contribution is 2.30. The number of nitrogens with one attached hydrogen (secondary N) is 3. The van der Waals surface area contributed by atoms with Crippen LogP contribution in [0.5, 0.6) is 5.88 Å². The number of aromatic nitrogens is 6. The van der Waals surface area contributed by atoms with Crippen molar-refractivity contribution in [2.75, 3.05) is 13.1 Å². The average Bonchev–Trinajstić information content (AvgIpc) is 3.27. The molecule has 8 heteroatoms. The average molecular weight is 333 g/mol. The lowest BCUT2D eigenvalue weighted by Crippen LogP contribution is -2.50. The third-order valence-corrected chi connectivity index (χ3v) is 4.28. The largest absolute Gasteiger partial charge is 0.471 e. The van der Waals surface area contributed by atoms with E-state index in [4.69, 9.17) is 4.74 Å². The molecule has 3 N–H and O–H groups in total. The molecule has 8 nitrogen and oxygen atoms in total. The quantitative estimate of drug-likeness (QED) is 0.526. The van der Waals surface area contributed by atoms with Gasteiger partial charge >= 0.3 is 0 Å². The number of pyridine rings is 1. The number of nitrogens with zero attached hydrogens (tertiary/aromatic N) is 4. The summed E-state index contributed by atoms with van der Waals surface area (Å²) >= 11 is 0. The first-order valence-electron chi connectivity index (χ1n) is 8.03. The van der Waals surface area contributed by atoms with Gasteiger partial charge in [-0.2, -0.15) is 5.10 Å². The van der Waals surface area contributed by atoms with Crippen molar-refractivity contribution >= 4 is 11.0 Å². The summed E-state index contributed by atoms with van der Waals surface area (Å²) in [6.45, 7) is 1.69. The van der Waals surface area contributed by atoms with Gasteiger partial charge < -0.3 is 15.0 Å². The van der Waals surface area contributed by atoms with Crippen LogP contribution in [0.25, 0.3) is 33.4 Å². The molecule has 4 aromatic heterocycles. The van der Waals surface area contributed by atoms with Crippen LogP contribution >= 0.6 is 0 Å². The lowest BCUT2D eigenvalue weighted by molar-refractivity contribution is 0.136. The van der Waals surface area contributed by atoms with E-state index in [1.807, 2.05) is 18.6 Å². The van der Waals surface area contributed by atoms with Gasteiger partial charge in [-0.05, 0) is 6.07 Å². The molecule has 0 aromatic carbocycles. The molecule has 0 bridgehead atoms. The third kappa shape index (κ3) is 2.52. The fourth-order valence-corrected chi connectivity index (χ4v) is 2.83. The van der Waals surface area contributed by atoms with Crippen LogP contribution in [-0.2, 0) is 0 Å². The van der Waals surface area contributed by atoms with E-state index in [-0.39, 0.29) is 6.10 Å².